The van der Waals surface area contributed by atoms with Gasteiger partial charge in [-0.1, -0.05) is 29.8 Å². The van der Waals surface area contributed by atoms with Gasteiger partial charge in [0.15, 0.2) is 5.78 Å². The zero-order valence-corrected chi connectivity index (χ0v) is 15.2. The summed E-state index contributed by atoms with van der Waals surface area (Å²) in [4.78, 5) is 16.4. The molecule has 1 heterocycles. The van der Waals surface area contributed by atoms with Crippen LogP contribution in [0.25, 0.3) is 0 Å². The zero-order chi connectivity index (χ0) is 17.5. The van der Waals surface area contributed by atoms with Gasteiger partial charge in [0.1, 0.15) is 0 Å². The minimum absolute atomic E-state index is 0.113. The summed E-state index contributed by atoms with van der Waals surface area (Å²) in [6.07, 6.45) is 3.07. The van der Waals surface area contributed by atoms with Crippen molar-refractivity contribution < 1.29 is 9.90 Å². The van der Waals surface area contributed by atoms with Crippen LogP contribution in [0.5, 0.6) is 0 Å². The van der Waals surface area contributed by atoms with Gasteiger partial charge >= 0.3 is 0 Å². The maximum atomic E-state index is 11.5. The lowest BCUT2D eigenvalue weighted by Crippen LogP contribution is -2.53. The minimum Gasteiger partial charge on any atom is -0.396 e. The number of rotatable bonds is 7. The van der Waals surface area contributed by atoms with Crippen molar-refractivity contribution in [1.29, 1.82) is 0 Å². The third-order valence-corrected chi connectivity index (χ3v) is 4.62. The van der Waals surface area contributed by atoms with E-state index in [-0.39, 0.29) is 12.4 Å². The summed E-state index contributed by atoms with van der Waals surface area (Å²) in [5, 5.41) is 9.39. The number of hydrogen-bond acceptors (Lipinski definition) is 4. The van der Waals surface area contributed by atoms with E-state index in [0.29, 0.717) is 6.04 Å². The average molecular weight is 330 g/mol. The van der Waals surface area contributed by atoms with Crippen molar-refractivity contribution >= 4 is 5.78 Å². The van der Waals surface area contributed by atoms with Gasteiger partial charge in [0.25, 0.3) is 0 Å². The lowest BCUT2D eigenvalue weighted by atomic mass is 10.1. The highest BCUT2D eigenvalue weighted by molar-refractivity contribution is 5.94. The van der Waals surface area contributed by atoms with Gasteiger partial charge in [0.05, 0.1) is 0 Å². The Morgan fingerprint density at radius 2 is 2.08 bits per heavy atom. The Hall–Kier alpha value is -1.49. The van der Waals surface area contributed by atoms with Crippen LogP contribution in [0.4, 0.5) is 0 Å². The molecular weight excluding hydrogens is 300 g/mol. The Bertz CT molecular complexity index is 579. The highest BCUT2D eigenvalue weighted by atomic mass is 16.3. The minimum atomic E-state index is 0.113. The first-order valence-corrected chi connectivity index (χ1v) is 8.80. The van der Waals surface area contributed by atoms with Gasteiger partial charge in [0.2, 0.25) is 0 Å². The number of aliphatic hydroxyl groups excluding tert-OH is 1. The quantitative estimate of drug-likeness (QED) is 0.617. The van der Waals surface area contributed by atoms with E-state index in [1.165, 1.54) is 11.1 Å². The first-order chi connectivity index (χ1) is 11.5. The SMILES string of the molecule is CC(=O)c1cccc(CN2CCN(CC=C(C)C)[C@H](CCO)C2)c1. The van der Waals surface area contributed by atoms with E-state index in [2.05, 4.69) is 35.8 Å². The molecule has 24 heavy (non-hydrogen) atoms. The lowest BCUT2D eigenvalue weighted by Gasteiger charge is -2.41. The van der Waals surface area contributed by atoms with Gasteiger partial charge < -0.3 is 5.11 Å². The Morgan fingerprint density at radius 3 is 2.75 bits per heavy atom. The van der Waals surface area contributed by atoms with Gasteiger partial charge in [-0.3, -0.25) is 14.6 Å². The van der Waals surface area contributed by atoms with Crippen molar-refractivity contribution in [2.24, 2.45) is 0 Å². The van der Waals surface area contributed by atoms with E-state index < -0.39 is 0 Å². The molecule has 1 atom stereocenters. The summed E-state index contributed by atoms with van der Waals surface area (Å²) in [7, 11) is 0. The summed E-state index contributed by atoms with van der Waals surface area (Å²) in [5.74, 6) is 0.113. The number of allylic oxidation sites excluding steroid dienone is 1. The third-order valence-electron chi connectivity index (χ3n) is 4.62. The average Bonchev–Trinajstić information content (AvgIpc) is 2.54. The van der Waals surface area contributed by atoms with E-state index in [0.717, 1.165) is 44.7 Å². The van der Waals surface area contributed by atoms with Gasteiger partial charge in [-0.15, -0.1) is 0 Å². The number of carbonyl (C=O) groups is 1. The highest BCUT2D eigenvalue weighted by Gasteiger charge is 2.25. The summed E-state index contributed by atoms with van der Waals surface area (Å²) in [5.41, 5.74) is 3.30. The molecule has 0 bridgehead atoms. The number of hydrogen-bond donors (Lipinski definition) is 1. The molecule has 1 aliphatic heterocycles. The molecule has 1 fully saturated rings. The number of ketones is 1. The van der Waals surface area contributed by atoms with Crippen molar-refractivity contribution in [2.75, 3.05) is 32.8 Å². The van der Waals surface area contributed by atoms with Crippen molar-refractivity contribution in [1.82, 2.24) is 9.80 Å². The first-order valence-electron chi connectivity index (χ1n) is 8.80. The van der Waals surface area contributed by atoms with Crippen molar-refractivity contribution in [3.63, 3.8) is 0 Å². The Balaban J connectivity index is 1.99. The topological polar surface area (TPSA) is 43.8 Å². The van der Waals surface area contributed by atoms with E-state index in [1.807, 2.05) is 18.2 Å². The monoisotopic (exact) mass is 330 g/mol. The highest BCUT2D eigenvalue weighted by Crippen LogP contribution is 2.17. The molecule has 0 unspecified atom stereocenters. The van der Waals surface area contributed by atoms with Crippen molar-refractivity contribution in [2.45, 2.75) is 39.8 Å². The fourth-order valence-electron chi connectivity index (χ4n) is 3.21. The largest absolute Gasteiger partial charge is 0.396 e. The van der Waals surface area contributed by atoms with Crippen LogP contribution in [-0.2, 0) is 6.54 Å². The number of Topliss-reactive ketones (excluding diaryl/α,β-unsaturated/α-hetero) is 1. The van der Waals surface area contributed by atoms with Gasteiger partial charge in [0, 0.05) is 50.9 Å². The zero-order valence-electron chi connectivity index (χ0n) is 15.2. The van der Waals surface area contributed by atoms with E-state index in [9.17, 15) is 9.90 Å². The van der Waals surface area contributed by atoms with E-state index >= 15 is 0 Å². The number of benzene rings is 1. The molecule has 0 amide bonds. The van der Waals surface area contributed by atoms with Gasteiger partial charge in [-0.05, 0) is 38.8 Å². The lowest BCUT2D eigenvalue weighted by molar-refractivity contribution is 0.0636. The molecule has 4 heteroatoms. The number of nitrogens with zero attached hydrogens (tertiary/aromatic N) is 2. The predicted octanol–water partition coefficient (Wildman–Crippen LogP) is 2.72. The second kappa shape index (κ2) is 9.11. The van der Waals surface area contributed by atoms with Crippen LogP contribution in [0.15, 0.2) is 35.9 Å². The first kappa shape index (κ1) is 18.8. The van der Waals surface area contributed by atoms with E-state index in [1.54, 1.807) is 6.92 Å². The van der Waals surface area contributed by atoms with Crippen molar-refractivity contribution in [3.8, 4) is 0 Å². The molecule has 0 radical (unpaired) electrons. The molecule has 132 valence electrons. The van der Waals surface area contributed by atoms with Crippen LogP contribution < -0.4 is 0 Å². The summed E-state index contributed by atoms with van der Waals surface area (Å²) in [6.45, 7) is 10.9. The fourth-order valence-corrected chi connectivity index (χ4v) is 3.21. The maximum absolute atomic E-state index is 11.5. The number of aliphatic hydroxyl groups is 1. The molecule has 0 aliphatic carbocycles. The van der Waals surface area contributed by atoms with Crippen LogP contribution in [-0.4, -0.2) is 59.5 Å². The second-order valence-corrected chi connectivity index (χ2v) is 6.93. The van der Waals surface area contributed by atoms with Gasteiger partial charge in [-0.2, -0.15) is 0 Å². The van der Waals surface area contributed by atoms with E-state index in [4.69, 9.17) is 0 Å². The molecule has 4 nitrogen and oxygen atoms in total. The number of carbonyl (C=O) groups excluding carboxylic acids is 1. The van der Waals surface area contributed by atoms with Crippen LogP contribution >= 0.6 is 0 Å². The summed E-state index contributed by atoms with van der Waals surface area (Å²) >= 11 is 0. The van der Waals surface area contributed by atoms with Crippen LogP contribution in [0, 0.1) is 0 Å². The molecule has 0 spiro atoms. The fraction of sp³-hybridized carbons (Fsp3) is 0.550. The van der Waals surface area contributed by atoms with Crippen LogP contribution in [0.2, 0.25) is 0 Å². The van der Waals surface area contributed by atoms with Gasteiger partial charge in [-0.25, -0.2) is 0 Å². The second-order valence-electron chi connectivity index (χ2n) is 6.93. The molecule has 1 N–H and O–H groups in total. The summed E-state index contributed by atoms with van der Waals surface area (Å²) < 4.78 is 0. The molecule has 0 aromatic heterocycles. The maximum Gasteiger partial charge on any atom is 0.159 e. The van der Waals surface area contributed by atoms with Crippen molar-refractivity contribution in [3.05, 3.63) is 47.0 Å². The molecule has 1 saturated heterocycles. The Morgan fingerprint density at radius 1 is 1.29 bits per heavy atom. The standard InChI is InChI=1S/C20H30N2O2/c1-16(2)7-9-22-11-10-21(15-20(22)8-12-23)14-18-5-4-6-19(13-18)17(3)24/h4-7,13,20,23H,8-12,14-15H2,1-3H3/t20-/m1/s1. The molecule has 1 aromatic rings. The van der Waals surface area contributed by atoms with Crippen LogP contribution in [0.1, 0.15) is 43.1 Å². The normalized spacial score (nSPS) is 19.2. The molecule has 1 aromatic carbocycles. The molecule has 1 aliphatic rings. The molecular formula is C20H30N2O2. The Labute approximate surface area is 145 Å². The third kappa shape index (κ3) is 5.55. The Kier molecular flexibility index (Phi) is 7.16. The summed E-state index contributed by atoms with van der Waals surface area (Å²) in [6, 6.07) is 8.30. The molecule has 0 saturated carbocycles. The molecule has 2 rings (SSSR count). The number of piperazine rings is 1. The van der Waals surface area contributed by atoms with Crippen LogP contribution in [0.3, 0.4) is 0 Å². The predicted molar refractivity (Wildman–Crippen MR) is 98.2 cm³/mol. The smallest absolute Gasteiger partial charge is 0.159 e.